The third-order valence-corrected chi connectivity index (χ3v) is 8.79. The highest BCUT2D eigenvalue weighted by molar-refractivity contribution is 7.54. The number of pyridine rings is 1. The third-order valence-electron chi connectivity index (χ3n) is 6.50. The molecule has 182 valence electrons. The molecular formula is C20H27FN3O8P. The van der Waals surface area contributed by atoms with Crippen LogP contribution in [0.3, 0.4) is 0 Å². The Kier molecular flexibility index (Phi) is 6.24. The summed E-state index contributed by atoms with van der Waals surface area (Å²) >= 11 is 0. The van der Waals surface area contributed by atoms with Crippen LogP contribution in [0.2, 0.25) is 0 Å². The maximum atomic E-state index is 13.5. The number of ether oxygens (including phenoxy) is 2. The fraction of sp³-hybridized carbons (Fsp3) is 0.650. The molecule has 7 unspecified atom stereocenters. The summed E-state index contributed by atoms with van der Waals surface area (Å²) in [4.78, 5) is 33.0. The second-order valence-corrected chi connectivity index (χ2v) is 10.8. The van der Waals surface area contributed by atoms with Gasteiger partial charge in [0.2, 0.25) is 5.95 Å². The predicted molar refractivity (Wildman–Crippen MR) is 113 cm³/mol. The monoisotopic (exact) mass is 487 g/mol. The van der Waals surface area contributed by atoms with Gasteiger partial charge in [0.1, 0.15) is 23.8 Å². The number of aromatic nitrogens is 3. The number of fused-ring (bicyclic) bond motifs is 1. The van der Waals surface area contributed by atoms with Crippen LogP contribution in [0.4, 0.5) is 4.39 Å². The summed E-state index contributed by atoms with van der Waals surface area (Å²) in [5, 5.41) is 20.0. The van der Waals surface area contributed by atoms with Crippen LogP contribution < -0.4 is 5.56 Å². The summed E-state index contributed by atoms with van der Waals surface area (Å²) in [7, 11) is -4.16. The Bertz CT molecular complexity index is 1160. The van der Waals surface area contributed by atoms with Crippen LogP contribution in [0.5, 0.6) is 0 Å². The van der Waals surface area contributed by atoms with Crippen molar-refractivity contribution in [2.45, 2.75) is 75.4 Å². The molecule has 2 aliphatic heterocycles. The Hall–Kier alpha value is -1.79. The first-order chi connectivity index (χ1) is 15.4. The van der Waals surface area contributed by atoms with Gasteiger partial charge < -0.3 is 34.1 Å². The Labute approximate surface area is 188 Å². The molecule has 2 aliphatic rings. The molecule has 0 amide bonds. The van der Waals surface area contributed by atoms with Crippen LogP contribution in [-0.4, -0.2) is 65.9 Å². The molecule has 4 N–H and O–H groups in total. The molecule has 4 heterocycles. The lowest BCUT2D eigenvalue weighted by Crippen LogP contribution is -2.39. The van der Waals surface area contributed by atoms with Crippen molar-refractivity contribution in [3.8, 4) is 0 Å². The van der Waals surface area contributed by atoms with E-state index in [1.54, 1.807) is 20.8 Å². The van der Waals surface area contributed by atoms with E-state index in [4.69, 9.17) is 14.0 Å². The number of halogens is 1. The Morgan fingerprint density at radius 1 is 1.39 bits per heavy atom. The van der Waals surface area contributed by atoms with E-state index in [-0.39, 0.29) is 29.8 Å². The van der Waals surface area contributed by atoms with E-state index in [1.807, 2.05) is 0 Å². The average Bonchev–Trinajstić information content (AvgIpc) is 3.53. The van der Waals surface area contributed by atoms with E-state index in [9.17, 15) is 28.9 Å². The first-order valence-corrected chi connectivity index (χ1v) is 12.3. The molecular weight excluding hydrogens is 460 g/mol. The number of epoxide rings is 1. The Morgan fingerprint density at radius 2 is 2.09 bits per heavy atom. The molecule has 2 aromatic rings. The second kappa shape index (κ2) is 8.46. The Morgan fingerprint density at radius 3 is 2.70 bits per heavy atom. The SMILES string of the molecule is CCC(C)(CC1OC(c2cc3nc(F)cnc3[nH]c2=O)C(O)C1O)OP(=O)(O)C1(CC)CO1. The lowest BCUT2D eigenvalue weighted by molar-refractivity contribution is -0.0485. The molecule has 33 heavy (non-hydrogen) atoms. The number of H-pyrrole nitrogens is 1. The molecule has 0 saturated carbocycles. The van der Waals surface area contributed by atoms with Crippen LogP contribution in [0, 0.1) is 5.95 Å². The zero-order valence-corrected chi connectivity index (χ0v) is 19.3. The van der Waals surface area contributed by atoms with Crippen LogP contribution in [0.25, 0.3) is 11.2 Å². The lowest BCUT2D eigenvalue weighted by atomic mass is 9.92. The number of rotatable bonds is 8. The summed E-state index contributed by atoms with van der Waals surface area (Å²) in [6, 6.07) is 1.25. The van der Waals surface area contributed by atoms with Crippen molar-refractivity contribution in [3.05, 3.63) is 34.1 Å². The summed E-state index contributed by atoms with van der Waals surface area (Å²) in [6.45, 7) is 5.21. The van der Waals surface area contributed by atoms with E-state index >= 15 is 0 Å². The van der Waals surface area contributed by atoms with Gasteiger partial charge in [-0.05, 0) is 25.8 Å². The van der Waals surface area contributed by atoms with Gasteiger partial charge in [0.25, 0.3) is 5.56 Å². The number of aromatic amines is 1. The van der Waals surface area contributed by atoms with Crippen molar-refractivity contribution in [1.29, 1.82) is 0 Å². The van der Waals surface area contributed by atoms with Crippen molar-refractivity contribution in [2.24, 2.45) is 0 Å². The second-order valence-electron chi connectivity index (χ2n) is 8.76. The number of hydrogen-bond acceptors (Lipinski definition) is 9. The minimum absolute atomic E-state index is 0.0392. The maximum absolute atomic E-state index is 13.5. The topological polar surface area (TPSA) is 167 Å². The van der Waals surface area contributed by atoms with Crippen molar-refractivity contribution in [1.82, 2.24) is 15.0 Å². The molecule has 2 aromatic heterocycles. The Balaban J connectivity index is 1.57. The predicted octanol–water partition coefficient (Wildman–Crippen LogP) is 1.52. The van der Waals surface area contributed by atoms with Gasteiger partial charge in [0.15, 0.2) is 11.0 Å². The van der Waals surface area contributed by atoms with Crippen molar-refractivity contribution >= 4 is 18.8 Å². The quantitative estimate of drug-likeness (QED) is 0.316. The molecule has 0 spiro atoms. The van der Waals surface area contributed by atoms with Gasteiger partial charge in [-0.1, -0.05) is 13.8 Å². The highest BCUT2D eigenvalue weighted by atomic mass is 31.2. The maximum Gasteiger partial charge on any atom is 0.362 e. The smallest absolute Gasteiger partial charge is 0.362 e. The minimum Gasteiger partial charge on any atom is -0.388 e. The van der Waals surface area contributed by atoms with Crippen molar-refractivity contribution < 1.29 is 38.1 Å². The third kappa shape index (κ3) is 4.37. The van der Waals surface area contributed by atoms with Gasteiger partial charge in [-0.3, -0.25) is 9.36 Å². The molecule has 11 nitrogen and oxygen atoms in total. The fourth-order valence-corrected chi connectivity index (χ4v) is 5.82. The van der Waals surface area contributed by atoms with Crippen LogP contribution in [-0.2, 0) is 18.6 Å². The van der Waals surface area contributed by atoms with E-state index in [0.717, 1.165) is 6.20 Å². The van der Waals surface area contributed by atoms with Gasteiger partial charge in [-0.15, -0.1) is 0 Å². The normalized spacial score (nSPS) is 33.1. The van der Waals surface area contributed by atoms with Crippen LogP contribution in [0.1, 0.15) is 51.7 Å². The van der Waals surface area contributed by atoms with Gasteiger partial charge in [-0.2, -0.15) is 4.39 Å². The number of hydrogen-bond donors (Lipinski definition) is 4. The van der Waals surface area contributed by atoms with Gasteiger partial charge in [0.05, 0.1) is 30.1 Å². The number of nitrogens with zero attached hydrogens (tertiary/aromatic N) is 2. The zero-order valence-electron chi connectivity index (χ0n) is 18.4. The molecule has 2 fully saturated rings. The highest BCUT2D eigenvalue weighted by Crippen LogP contribution is 2.66. The highest BCUT2D eigenvalue weighted by Gasteiger charge is 2.61. The fourth-order valence-electron chi connectivity index (χ4n) is 4.06. The summed E-state index contributed by atoms with van der Waals surface area (Å²) in [5.74, 6) is -0.847. The molecule has 0 bridgehead atoms. The summed E-state index contributed by atoms with van der Waals surface area (Å²) in [5.41, 5.74) is -1.77. The molecule has 7 atom stereocenters. The lowest BCUT2D eigenvalue weighted by Gasteiger charge is -2.34. The summed E-state index contributed by atoms with van der Waals surface area (Å²) < 4.78 is 43.0. The summed E-state index contributed by atoms with van der Waals surface area (Å²) in [6.07, 6.45) is -3.71. The largest absolute Gasteiger partial charge is 0.388 e. The zero-order chi connectivity index (χ0) is 24.2. The molecule has 0 aromatic carbocycles. The molecule has 4 rings (SSSR count). The van der Waals surface area contributed by atoms with Crippen LogP contribution in [0.15, 0.2) is 17.1 Å². The molecule has 0 radical (unpaired) electrons. The van der Waals surface area contributed by atoms with Crippen molar-refractivity contribution in [3.63, 3.8) is 0 Å². The number of aliphatic hydroxyl groups excluding tert-OH is 2. The number of nitrogens with one attached hydrogen (secondary N) is 1. The molecule has 0 aliphatic carbocycles. The average molecular weight is 487 g/mol. The standard InChI is InChI=1S/C20H27FN3O8P/c1-4-19(3,32-33(28,29)20(5-2)9-30-20)7-12-14(25)15(26)16(31-12)10-6-11-17(24-18(10)27)22-8-13(21)23-11/h6,8,12,14-16,25-26H,4-5,7,9H2,1-3H3,(H,28,29)(H,22,24,27). The molecule has 13 heteroatoms. The van der Waals surface area contributed by atoms with Gasteiger partial charge in [-0.25, -0.2) is 9.97 Å². The first kappa shape index (κ1) is 24.3. The molecule has 2 saturated heterocycles. The van der Waals surface area contributed by atoms with E-state index in [2.05, 4.69) is 15.0 Å². The van der Waals surface area contributed by atoms with Gasteiger partial charge in [0, 0.05) is 6.42 Å². The number of aliphatic hydroxyl groups is 2. The van der Waals surface area contributed by atoms with E-state index in [1.165, 1.54) is 6.07 Å². The minimum atomic E-state index is -4.16. The van der Waals surface area contributed by atoms with E-state index < -0.39 is 54.5 Å². The van der Waals surface area contributed by atoms with Crippen molar-refractivity contribution in [2.75, 3.05) is 6.61 Å². The van der Waals surface area contributed by atoms with E-state index in [0.29, 0.717) is 12.8 Å². The van der Waals surface area contributed by atoms with Crippen LogP contribution >= 0.6 is 7.60 Å². The van der Waals surface area contributed by atoms with Gasteiger partial charge >= 0.3 is 7.60 Å². The first-order valence-electron chi connectivity index (χ1n) is 10.7.